The molecule has 4 rings (SSSR count). The maximum atomic E-state index is 13.3. The molecule has 0 saturated heterocycles. The van der Waals surface area contributed by atoms with E-state index in [2.05, 4.69) is 41.7 Å². The van der Waals surface area contributed by atoms with E-state index in [1.165, 1.54) is 11.8 Å². The second-order valence-electron chi connectivity index (χ2n) is 9.07. The maximum absolute atomic E-state index is 13.3. The van der Waals surface area contributed by atoms with Crippen molar-refractivity contribution in [3.8, 4) is 22.3 Å². The fourth-order valence-corrected chi connectivity index (χ4v) is 4.80. The van der Waals surface area contributed by atoms with E-state index in [0.29, 0.717) is 17.7 Å². The van der Waals surface area contributed by atoms with Gasteiger partial charge in [-0.05, 0) is 82.5 Å². The Hall–Kier alpha value is -3.49. The average molecular weight is 528 g/mol. The Kier molecular flexibility index (Phi) is 11.3. The standard InChI is InChI=1S/C33H31NO3S.Li/c1-23-9-6-7-14-28(23)30-22-25(17-18-29(30)32(35)34-31(33(36)37)19-20-38-2)16-15-24-10-8-13-27(21-24)26-11-4-3-5-12-26;/h3-18,21-22,31H,19-20H2,1-2H3,(H,34,35)(H,36,37);/q;+1/p-1/b16-15+;. The normalized spacial score (nSPS) is 11.5. The number of aryl methyl sites for hydroxylation is 1. The van der Waals surface area contributed by atoms with Crippen LogP contribution in [0.3, 0.4) is 0 Å². The molecule has 1 N–H and O–H groups in total. The quantitative estimate of drug-likeness (QED) is 0.254. The van der Waals surface area contributed by atoms with Crippen LogP contribution in [0.2, 0.25) is 0 Å². The van der Waals surface area contributed by atoms with Crippen molar-refractivity contribution in [2.75, 3.05) is 12.0 Å². The predicted octanol–water partition coefficient (Wildman–Crippen LogP) is 3.10. The van der Waals surface area contributed by atoms with Crippen LogP contribution in [0.5, 0.6) is 0 Å². The van der Waals surface area contributed by atoms with Gasteiger partial charge in [0.1, 0.15) is 0 Å². The van der Waals surface area contributed by atoms with Crippen LogP contribution in [0.1, 0.15) is 33.5 Å². The second-order valence-corrected chi connectivity index (χ2v) is 10.1. The number of amides is 1. The zero-order valence-electron chi connectivity index (χ0n) is 22.5. The van der Waals surface area contributed by atoms with Crippen molar-refractivity contribution in [2.24, 2.45) is 0 Å². The van der Waals surface area contributed by atoms with Crippen molar-refractivity contribution in [1.82, 2.24) is 5.32 Å². The number of carboxylic acids is 1. The molecule has 0 spiro atoms. The summed E-state index contributed by atoms with van der Waals surface area (Å²) in [6.45, 7) is 2.00. The number of carboxylic acid groups (broad SMARTS) is 1. The third-order valence-electron chi connectivity index (χ3n) is 6.39. The zero-order valence-corrected chi connectivity index (χ0v) is 23.3. The molecule has 4 aromatic carbocycles. The molecule has 0 bridgehead atoms. The number of nitrogens with one attached hydrogen (secondary N) is 1. The predicted molar refractivity (Wildman–Crippen MR) is 157 cm³/mol. The Morgan fingerprint density at radius 2 is 1.49 bits per heavy atom. The Morgan fingerprint density at radius 3 is 2.18 bits per heavy atom. The Labute approximate surface area is 246 Å². The van der Waals surface area contributed by atoms with Gasteiger partial charge in [0.05, 0.1) is 12.0 Å². The minimum absolute atomic E-state index is 0. The number of rotatable bonds is 10. The number of carbonyl (C=O) groups is 2. The first kappa shape index (κ1) is 30.1. The zero-order chi connectivity index (χ0) is 26.9. The van der Waals surface area contributed by atoms with Gasteiger partial charge in [0, 0.05) is 5.56 Å². The number of thioether (sulfide) groups is 1. The molecular formula is C33H30LiNO3S. The SMILES string of the molecule is CSCCC(NC(=O)c1ccc(/C=C/c2cccc(-c3ccccc3)c2)cc1-c1ccccc1C)C(=O)[O-].[Li+]. The molecule has 0 aromatic heterocycles. The molecule has 6 heteroatoms. The van der Waals surface area contributed by atoms with E-state index < -0.39 is 17.9 Å². The third-order valence-corrected chi connectivity index (χ3v) is 7.03. The van der Waals surface area contributed by atoms with Crippen molar-refractivity contribution < 1.29 is 33.6 Å². The van der Waals surface area contributed by atoms with Crippen LogP contribution in [0.25, 0.3) is 34.4 Å². The van der Waals surface area contributed by atoms with Gasteiger partial charge in [-0.25, -0.2) is 0 Å². The molecule has 0 aliphatic carbocycles. The first-order valence-electron chi connectivity index (χ1n) is 12.5. The van der Waals surface area contributed by atoms with E-state index >= 15 is 0 Å². The molecule has 4 aromatic rings. The summed E-state index contributed by atoms with van der Waals surface area (Å²) in [5.41, 5.74) is 7.43. The molecule has 192 valence electrons. The topological polar surface area (TPSA) is 69.2 Å². The van der Waals surface area contributed by atoms with E-state index in [1.807, 2.05) is 79.9 Å². The van der Waals surface area contributed by atoms with Crippen LogP contribution in [-0.4, -0.2) is 29.9 Å². The van der Waals surface area contributed by atoms with Crippen LogP contribution < -0.4 is 29.3 Å². The summed E-state index contributed by atoms with van der Waals surface area (Å²) in [6.07, 6.45) is 6.28. The summed E-state index contributed by atoms with van der Waals surface area (Å²) in [5.74, 6) is -1.09. The number of hydrogen-bond donors (Lipinski definition) is 1. The molecule has 39 heavy (non-hydrogen) atoms. The smallest absolute Gasteiger partial charge is 0.548 e. The summed E-state index contributed by atoms with van der Waals surface area (Å²) in [4.78, 5) is 24.9. The molecule has 0 heterocycles. The molecule has 1 amide bonds. The van der Waals surface area contributed by atoms with Crippen molar-refractivity contribution in [1.29, 1.82) is 0 Å². The van der Waals surface area contributed by atoms with Crippen molar-refractivity contribution in [3.05, 3.63) is 119 Å². The summed E-state index contributed by atoms with van der Waals surface area (Å²) in [5, 5.41) is 14.3. The minimum Gasteiger partial charge on any atom is -0.548 e. The van der Waals surface area contributed by atoms with Gasteiger partial charge in [0.15, 0.2) is 0 Å². The third kappa shape index (κ3) is 8.00. The average Bonchev–Trinajstić information content (AvgIpc) is 2.94. The van der Waals surface area contributed by atoms with Crippen LogP contribution in [0.4, 0.5) is 0 Å². The molecule has 4 nitrogen and oxygen atoms in total. The van der Waals surface area contributed by atoms with Crippen LogP contribution in [0, 0.1) is 6.92 Å². The number of carbonyl (C=O) groups excluding carboxylic acids is 2. The molecule has 0 aliphatic rings. The van der Waals surface area contributed by atoms with Crippen molar-refractivity contribution >= 4 is 35.8 Å². The van der Waals surface area contributed by atoms with E-state index in [0.717, 1.165) is 38.9 Å². The molecule has 0 radical (unpaired) electrons. The van der Waals surface area contributed by atoms with Gasteiger partial charge in [-0.2, -0.15) is 11.8 Å². The minimum atomic E-state index is -1.28. The number of benzene rings is 4. The summed E-state index contributed by atoms with van der Waals surface area (Å²) >= 11 is 1.53. The first-order chi connectivity index (χ1) is 18.5. The molecule has 0 fully saturated rings. The van der Waals surface area contributed by atoms with E-state index in [9.17, 15) is 14.7 Å². The Bertz CT molecular complexity index is 1450. The van der Waals surface area contributed by atoms with Gasteiger partial charge >= 0.3 is 18.9 Å². The van der Waals surface area contributed by atoms with Crippen molar-refractivity contribution in [3.63, 3.8) is 0 Å². The van der Waals surface area contributed by atoms with Gasteiger partial charge in [-0.1, -0.05) is 91.0 Å². The van der Waals surface area contributed by atoms with Gasteiger partial charge in [0.2, 0.25) is 0 Å². The first-order valence-corrected chi connectivity index (χ1v) is 13.9. The van der Waals surface area contributed by atoms with Gasteiger partial charge < -0.3 is 15.2 Å². The summed E-state index contributed by atoms with van der Waals surface area (Å²) < 4.78 is 0. The van der Waals surface area contributed by atoms with Crippen LogP contribution in [-0.2, 0) is 4.79 Å². The van der Waals surface area contributed by atoms with Crippen LogP contribution >= 0.6 is 11.8 Å². The van der Waals surface area contributed by atoms with Gasteiger partial charge in [-0.15, -0.1) is 0 Å². The summed E-state index contributed by atoms with van der Waals surface area (Å²) in [6, 6.07) is 31.0. The number of hydrogen-bond acceptors (Lipinski definition) is 4. The van der Waals surface area contributed by atoms with Crippen molar-refractivity contribution in [2.45, 2.75) is 19.4 Å². The van der Waals surface area contributed by atoms with E-state index in [4.69, 9.17) is 0 Å². The Morgan fingerprint density at radius 1 is 0.821 bits per heavy atom. The fourth-order valence-electron chi connectivity index (χ4n) is 4.33. The van der Waals surface area contributed by atoms with Gasteiger partial charge in [-0.3, -0.25) is 4.79 Å². The maximum Gasteiger partial charge on any atom is 1.00 e. The molecule has 0 saturated carbocycles. The van der Waals surface area contributed by atoms with Crippen LogP contribution in [0.15, 0.2) is 97.1 Å². The second kappa shape index (κ2) is 14.6. The van der Waals surface area contributed by atoms with Gasteiger partial charge in [0.25, 0.3) is 5.91 Å². The molecule has 0 aliphatic heterocycles. The molecule has 1 atom stereocenters. The Balaban J connectivity index is 0.00000420. The number of aliphatic carboxylic acids is 1. The monoisotopic (exact) mass is 527 g/mol. The van der Waals surface area contributed by atoms with E-state index in [-0.39, 0.29) is 18.9 Å². The molecular weight excluding hydrogens is 497 g/mol. The fraction of sp³-hybridized carbons (Fsp3) is 0.152. The summed E-state index contributed by atoms with van der Waals surface area (Å²) in [7, 11) is 0. The largest absolute Gasteiger partial charge is 1.00 e. The van der Waals surface area contributed by atoms with E-state index in [1.54, 1.807) is 6.07 Å². The molecule has 1 unspecified atom stereocenters.